The number of aromatic nitrogens is 2. The van der Waals surface area contributed by atoms with Crippen LogP contribution in [0.2, 0.25) is 0 Å². The van der Waals surface area contributed by atoms with Crippen molar-refractivity contribution in [3.05, 3.63) is 41.0 Å². The molecule has 1 fully saturated rings. The van der Waals surface area contributed by atoms with Crippen molar-refractivity contribution in [2.75, 3.05) is 31.1 Å². The van der Waals surface area contributed by atoms with E-state index < -0.39 is 0 Å². The van der Waals surface area contributed by atoms with Crippen molar-refractivity contribution in [1.29, 1.82) is 0 Å². The lowest BCUT2D eigenvalue weighted by Gasteiger charge is -2.36. The van der Waals surface area contributed by atoms with Gasteiger partial charge in [0.15, 0.2) is 5.82 Å². The molecule has 1 aliphatic rings. The van der Waals surface area contributed by atoms with Gasteiger partial charge in [-0.05, 0) is 31.0 Å². The predicted molar refractivity (Wildman–Crippen MR) is 100 cm³/mol. The molecule has 3 rings (SSSR count). The fraction of sp³-hybridized carbons (Fsp3) is 0.526. The topological polar surface area (TPSA) is 74.5 Å². The molecular formula is C19H27N5O2. The zero-order valence-corrected chi connectivity index (χ0v) is 16.0. The second-order valence-corrected chi connectivity index (χ2v) is 7.05. The molecule has 7 heteroatoms. The number of benzene rings is 1. The minimum atomic E-state index is -0.0880. The molecule has 0 atom stereocenters. The van der Waals surface area contributed by atoms with E-state index in [1.54, 1.807) is 0 Å². The van der Waals surface area contributed by atoms with Gasteiger partial charge in [-0.3, -0.25) is 0 Å². The van der Waals surface area contributed by atoms with Gasteiger partial charge in [-0.1, -0.05) is 31.1 Å². The Morgan fingerprint density at radius 2 is 1.96 bits per heavy atom. The minimum absolute atomic E-state index is 0.0880. The van der Waals surface area contributed by atoms with Crippen LogP contribution in [0.1, 0.15) is 42.6 Å². The van der Waals surface area contributed by atoms with Crippen LogP contribution in [-0.4, -0.2) is 47.3 Å². The Labute approximate surface area is 154 Å². The summed E-state index contributed by atoms with van der Waals surface area (Å²) in [7, 11) is 0. The number of nitrogens with zero attached hydrogens (tertiary/aromatic N) is 4. The summed E-state index contributed by atoms with van der Waals surface area (Å²) < 4.78 is 5.16. The number of carbonyl (C=O) groups excluding carboxylic acids is 1. The van der Waals surface area contributed by atoms with Crippen LogP contribution in [0.15, 0.2) is 22.7 Å². The molecule has 1 aromatic heterocycles. The van der Waals surface area contributed by atoms with Crippen LogP contribution in [0.3, 0.4) is 0 Å². The number of urea groups is 1. The highest BCUT2D eigenvalue weighted by atomic mass is 16.5. The number of carbonyl (C=O) groups is 1. The van der Waals surface area contributed by atoms with E-state index in [2.05, 4.69) is 52.4 Å². The standard InChI is InChI=1S/C19H27N5O2/c1-13(2)18-21-17(26-22-18)12-20-19(25)24-10-8-23(9-11-24)16-7-5-6-14(3)15(16)4/h5-7,13H,8-12H2,1-4H3,(H,20,25). The van der Waals surface area contributed by atoms with E-state index in [0.29, 0.717) is 24.8 Å². The fourth-order valence-corrected chi connectivity index (χ4v) is 3.07. The number of anilines is 1. The molecule has 0 spiro atoms. The number of amides is 2. The van der Waals surface area contributed by atoms with E-state index in [0.717, 1.165) is 13.1 Å². The minimum Gasteiger partial charge on any atom is -0.368 e. The number of rotatable bonds is 4. The molecule has 0 aliphatic carbocycles. The number of nitrogens with one attached hydrogen (secondary N) is 1. The first-order chi connectivity index (χ1) is 12.5. The van der Waals surface area contributed by atoms with Gasteiger partial charge in [-0.15, -0.1) is 0 Å². The van der Waals surface area contributed by atoms with Crippen LogP contribution in [0.25, 0.3) is 0 Å². The molecule has 1 aromatic carbocycles. The molecule has 0 radical (unpaired) electrons. The van der Waals surface area contributed by atoms with Crippen LogP contribution < -0.4 is 10.2 Å². The van der Waals surface area contributed by atoms with Crippen molar-refractivity contribution < 1.29 is 9.32 Å². The predicted octanol–water partition coefficient (Wildman–Crippen LogP) is 2.84. The molecule has 1 aliphatic heterocycles. The molecule has 7 nitrogen and oxygen atoms in total. The summed E-state index contributed by atoms with van der Waals surface area (Å²) in [6.07, 6.45) is 0. The molecule has 1 N–H and O–H groups in total. The van der Waals surface area contributed by atoms with Crippen molar-refractivity contribution in [2.45, 2.75) is 40.2 Å². The van der Waals surface area contributed by atoms with E-state index in [1.807, 2.05) is 18.7 Å². The Bertz CT molecular complexity index is 763. The van der Waals surface area contributed by atoms with E-state index >= 15 is 0 Å². The number of aryl methyl sites for hydroxylation is 1. The first-order valence-electron chi connectivity index (χ1n) is 9.12. The average Bonchev–Trinajstić information content (AvgIpc) is 3.12. The van der Waals surface area contributed by atoms with Crippen LogP contribution in [0.4, 0.5) is 10.5 Å². The van der Waals surface area contributed by atoms with E-state index in [-0.39, 0.29) is 18.5 Å². The van der Waals surface area contributed by atoms with Crippen molar-refractivity contribution >= 4 is 11.7 Å². The van der Waals surface area contributed by atoms with Gasteiger partial charge in [0.25, 0.3) is 0 Å². The number of piperazine rings is 1. The average molecular weight is 357 g/mol. The van der Waals surface area contributed by atoms with E-state index in [4.69, 9.17) is 4.52 Å². The third-order valence-electron chi connectivity index (χ3n) is 4.87. The largest absolute Gasteiger partial charge is 0.368 e. The Balaban J connectivity index is 1.51. The molecule has 0 saturated carbocycles. The lowest BCUT2D eigenvalue weighted by Crippen LogP contribution is -2.51. The second kappa shape index (κ2) is 7.76. The van der Waals surface area contributed by atoms with Gasteiger partial charge in [0.2, 0.25) is 5.89 Å². The van der Waals surface area contributed by atoms with Crippen LogP contribution in [0, 0.1) is 13.8 Å². The molecule has 140 valence electrons. The SMILES string of the molecule is Cc1cccc(N2CCN(C(=O)NCc3nc(C(C)C)no3)CC2)c1C. The maximum Gasteiger partial charge on any atom is 0.317 e. The molecule has 2 aromatic rings. The highest BCUT2D eigenvalue weighted by Crippen LogP contribution is 2.23. The second-order valence-electron chi connectivity index (χ2n) is 7.05. The molecule has 2 heterocycles. The summed E-state index contributed by atoms with van der Waals surface area (Å²) in [6.45, 7) is 11.6. The zero-order chi connectivity index (χ0) is 18.7. The Hall–Kier alpha value is -2.57. The van der Waals surface area contributed by atoms with Gasteiger partial charge >= 0.3 is 6.03 Å². The quantitative estimate of drug-likeness (QED) is 0.911. The molecule has 1 saturated heterocycles. The smallest absolute Gasteiger partial charge is 0.317 e. The van der Waals surface area contributed by atoms with Crippen molar-refractivity contribution in [3.8, 4) is 0 Å². The number of hydrogen-bond acceptors (Lipinski definition) is 5. The highest BCUT2D eigenvalue weighted by Gasteiger charge is 2.22. The highest BCUT2D eigenvalue weighted by molar-refractivity contribution is 5.74. The van der Waals surface area contributed by atoms with Gasteiger partial charge in [-0.2, -0.15) is 4.98 Å². The van der Waals surface area contributed by atoms with Crippen molar-refractivity contribution in [3.63, 3.8) is 0 Å². The Kier molecular flexibility index (Phi) is 5.44. The van der Waals surface area contributed by atoms with E-state index in [1.165, 1.54) is 16.8 Å². The molecule has 0 unspecified atom stereocenters. The molecular weight excluding hydrogens is 330 g/mol. The summed E-state index contributed by atoms with van der Waals surface area (Å²) in [4.78, 5) is 20.8. The summed E-state index contributed by atoms with van der Waals surface area (Å²) >= 11 is 0. The molecule has 0 bridgehead atoms. The van der Waals surface area contributed by atoms with Crippen LogP contribution in [-0.2, 0) is 6.54 Å². The van der Waals surface area contributed by atoms with Gasteiger partial charge in [0.05, 0.1) is 6.54 Å². The monoisotopic (exact) mass is 357 g/mol. The summed E-state index contributed by atoms with van der Waals surface area (Å²) in [6, 6.07) is 6.28. The fourth-order valence-electron chi connectivity index (χ4n) is 3.07. The normalized spacial score (nSPS) is 14.8. The van der Waals surface area contributed by atoms with Gasteiger partial charge < -0.3 is 19.6 Å². The summed E-state index contributed by atoms with van der Waals surface area (Å²) in [5.41, 5.74) is 3.86. The van der Waals surface area contributed by atoms with E-state index in [9.17, 15) is 4.79 Å². The Morgan fingerprint density at radius 3 is 2.62 bits per heavy atom. The molecule has 26 heavy (non-hydrogen) atoms. The van der Waals surface area contributed by atoms with Gasteiger partial charge in [-0.25, -0.2) is 4.79 Å². The van der Waals surface area contributed by atoms with Crippen molar-refractivity contribution in [2.24, 2.45) is 0 Å². The molecule has 2 amide bonds. The van der Waals surface area contributed by atoms with Crippen LogP contribution in [0.5, 0.6) is 0 Å². The lowest BCUT2D eigenvalue weighted by atomic mass is 10.1. The number of hydrogen-bond donors (Lipinski definition) is 1. The Morgan fingerprint density at radius 1 is 1.23 bits per heavy atom. The van der Waals surface area contributed by atoms with Crippen LogP contribution >= 0.6 is 0 Å². The summed E-state index contributed by atoms with van der Waals surface area (Å²) in [5, 5.41) is 6.78. The first kappa shape index (κ1) is 18.2. The van der Waals surface area contributed by atoms with Gasteiger partial charge in [0, 0.05) is 37.8 Å². The maximum atomic E-state index is 12.4. The maximum absolute atomic E-state index is 12.4. The van der Waals surface area contributed by atoms with Crippen molar-refractivity contribution in [1.82, 2.24) is 20.4 Å². The first-order valence-corrected chi connectivity index (χ1v) is 9.12. The zero-order valence-electron chi connectivity index (χ0n) is 16.0. The third kappa shape index (κ3) is 3.98. The van der Waals surface area contributed by atoms with Gasteiger partial charge in [0.1, 0.15) is 0 Å². The lowest BCUT2D eigenvalue weighted by molar-refractivity contribution is 0.192. The summed E-state index contributed by atoms with van der Waals surface area (Å²) in [5.74, 6) is 1.31. The third-order valence-corrected chi connectivity index (χ3v) is 4.87.